The molecule has 0 atom stereocenters. The largest absolute Gasteiger partial charge is 0.375 e. The van der Waals surface area contributed by atoms with Crippen LogP contribution in [0, 0.1) is 0 Å². The molecular formula is C21H23N3O3S. The van der Waals surface area contributed by atoms with E-state index in [9.17, 15) is 9.59 Å². The van der Waals surface area contributed by atoms with Crippen molar-refractivity contribution in [2.45, 2.75) is 13.0 Å². The maximum Gasteiger partial charge on any atom is 0.249 e. The summed E-state index contributed by atoms with van der Waals surface area (Å²) in [4.78, 5) is 31.5. The van der Waals surface area contributed by atoms with Crippen molar-refractivity contribution >= 4 is 40.4 Å². The molecule has 0 radical (unpaired) electrons. The molecule has 2 aromatic rings. The third-order valence-electron chi connectivity index (χ3n) is 4.44. The molecule has 0 fully saturated rings. The number of fused-ring (bicyclic) bond motifs is 1. The number of anilines is 1. The van der Waals surface area contributed by atoms with E-state index in [2.05, 4.69) is 10.3 Å². The predicted octanol–water partition coefficient (Wildman–Crippen LogP) is 2.98. The van der Waals surface area contributed by atoms with Gasteiger partial charge in [0.2, 0.25) is 11.8 Å². The summed E-state index contributed by atoms with van der Waals surface area (Å²) in [5, 5.41) is 3.73. The van der Waals surface area contributed by atoms with Gasteiger partial charge in [-0.1, -0.05) is 30.3 Å². The van der Waals surface area contributed by atoms with Gasteiger partial charge in [0.15, 0.2) is 0 Å². The summed E-state index contributed by atoms with van der Waals surface area (Å²) in [6.07, 6.45) is 5.81. The molecule has 0 aliphatic carbocycles. The number of methoxy groups -OCH3 is 1. The number of amides is 2. The first-order valence-electron chi connectivity index (χ1n) is 9.00. The Bertz CT molecular complexity index is 903. The number of carbonyl (C=O) groups excluding carboxylic acids is 2. The topological polar surface area (TPSA) is 71.0 Å². The molecule has 1 aliphatic rings. The third-order valence-corrected chi connectivity index (χ3v) is 5.59. The molecule has 2 heterocycles. The van der Waals surface area contributed by atoms with E-state index in [0.717, 1.165) is 33.0 Å². The molecule has 28 heavy (non-hydrogen) atoms. The highest BCUT2D eigenvalue weighted by molar-refractivity contribution is 7.17. The average molecular weight is 398 g/mol. The fourth-order valence-electron chi connectivity index (χ4n) is 3.10. The number of hydrogen-bond acceptors (Lipinski definition) is 5. The molecule has 0 saturated heterocycles. The monoisotopic (exact) mass is 397 g/mol. The lowest BCUT2D eigenvalue weighted by atomic mass is 10.0. The molecule has 0 saturated carbocycles. The Morgan fingerprint density at radius 3 is 2.82 bits per heavy atom. The first kappa shape index (κ1) is 20.0. The maximum atomic E-state index is 12.4. The lowest BCUT2D eigenvalue weighted by Crippen LogP contribution is -2.37. The number of carbonyl (C=O) groups is 2. The second-order valence-corrected chi connectivity index (χ2v) is 7.47. The summed E-state index contributed by atoms with van der Waals surface area (Å²) in [5.74, 6) is -0.218. The molecule has 146 valence electrons. The summed E-state index contributed by atoms with van der Waals surface area (Å²) >= 11 is 1.50. The Balaban J connectivity index is 1.77. The van der Waals surface area contributed by atoms with Gasteiger partial charge in [0.1, 0.15) is 11.6 Å². The van der Waals surface area contributed by atoms with Crippen LogP contribution >= 0.6 is 11.3 Å². The zero-order chi connectivity index (χ0) is 19.9. The minimum absolute atomic E-state index is 0.0244. The highest BCUT2D eigenvalue weighted by Crippen LogP contribution is 2.36. The van der Waals surface area contributed by atoms with Crippen LogP contribution in [0.2, 0.25) is 0 Å². The van der Waals surface area contributed by atoms with Gasteiger partial charge in [-0.25, -0.2) is 0 Å². The van der Waals surface area contributed by atoms with Crippen LogP contribution in [-0.4, -0.2) is 50.2 Å². The number of aliphatic imine (C=N–C) groups is 1. The first-order valence-corrected chi connectivity index (χ1v) is 9.81. The summed E-state index contributed by atoms with van der Waals surface area (Å²) in [6, 6.07) is 9.67. The molecule has 1 aromatic carbocycles. The Kier molecular flexibility index (Phi) is 6.73. The van der Waals surface area contributed by atoms with E-state index >= 15 is 0 Å². The van der Waals surface area contributed by atoms with Gasteiger partial charge in [0.05, 0.1) is 6.54 Å². The molecule has 1 aliphatic heterocycles. The van der Waals surface area contributed by atoms with E-state index in [-0.39, 0.29) is 18.4 Å². The van der Waals surface area contributed by atoms with E-state index < -0.39 is 0 Å². The molecule has 7 heteroatoms. The van der Waals surface area contributed by atoms with Gasteiger partial charge in [-0.05, 0) is 23.6 Å². The Morgan fingerprint density at radius 2 is 2.11 bits per heavy atom. The minimum atomic E-state index is -0.194. The number of benzene rings is 1. The molecule has 1 N–H and O–H groups in total. The van der Waals surface area contributed by atoms with Crippen molar-refractivity contribution < 1.29 is 14.3 Å². The first-order chi connectivity index (χ1) is 13.6. The van der Waals surface area contributed by atoms with E-state index in [1.54, 1.807) is 24.2 Å². The standard InChI is InChI=1S/C21H23N3O3S/c1-22-12-17-16-10-11-24(20(26)14-27-2)13-18(16)28-21(17)23-19(25)9-8-15-6-4-3-5-7-15/h3-9,12H,10-11,13-14H2,1-2H3,(H,23,25)/b9-8+,22-12?. The zero-order valence-corrected chi connectivity index (χ0v) is 16.8. The van der Waals surface area contributed by atoms with Gasteiger partial charge in [0, 0.05) is 43.4 Å². The number of rotatable bonds is 6. The third kappa shape index (κ3) is 4.74. The van der Waals surface area contributed by atoms with Crippen molar-refractivity contribution in [1.29, 1.82) is 0 Å². The lowest BCUT2D eigenvalue weighted by Gasteiger charge is -2.26. The summed E-state index contributed by atoms with van der Waals surface area (Å²) in [6.45, 7) is 1.25. The number of hydrogen-bond donors (Lipinski definition) is 1. The van der Waals surface area contributed by atoms with Crippen molar-refractivity contribution in [2.75, 3.05) is 32.6 Å². The van der Waals surface area contributed by atoms with Crippen molar-refractivity contribution in [3.8, 4) is 0 Å². The van der Waals surface area contributed by atoms with Crippen molar-refractivity contribution in [3.05, 3.63) is 58.0 Å². The number of nitrogens with one attached hydrogen (secondary N) is 1. The molecule has 0 unspecified atom stereocenters. The van der Waals surface area contributed by atoms with Gasteiger partial charge in [-0.2, -0.15) is 0 Å². The van der Waals surface area contributed by atoms with E-state index in [4.69, 9.17) is 4.74 Å². The fourth-order valence-corrected chi connectivity index (χ4v) is 4.34. The van der Waals surface area contributed by atoms with Crippen LogP contribution in [0.25, 0.3) is 6.08 Å². The van der Waals surface area contributed by atoms with Crippen LogP contribution in [-0.2, 0) is 27.3 Å². The van der Waals surface area contributed by atoms with Crippen molar-refractivity contribution in [1.82, 2.24) is 4.90 Å². The number of thiophene rings is 1. The van der Waals surface area contributed by atoms with Gasteiger partial charge in [-0.3, -0.25) is 14.6 Å². The molecule has 0 bridgehead atoms. The highest BCUT2D eigenvalue weighted by atomic mass is 32.1. The van der Waals surface area contributed by atoms with Crippen LogP contribution in [0.15, 0.2) is 41.4 Å². The zero-order valence-electron chi connectivity index (χ0n) is 16.0. The molecule has 2 amide bonds. The molecular weight excluding hydrogens is 374 g/mol. The molecule has 3 rings (SSSR count). The summed E-state index contributed by atoms with van der Waals surface area (Å²) in [5.41, 5.74) is 3.05. The molecule has 6 nitrogen and oxygen atoms in total. The van der Waals surface area contributed by atoms with Crippen LogP contribution in [0.5, 0.6) is 0 Å². The van der Waals surface area contributed by atoms with Gasteiger partial charge in [0.25, 0.3) is 0 Å². The fraction of sp³-hybridized carbons (Fsp3) is 0.286. The van der Waals surface area contributed by atoms with E-state index in [0.29, 0.717) is 13.1 Å². The van der Waals surface area contributed by atoms with E-state index in [1.807, 2.05) is 30.3 Å². The van der Waals surface area contributed by atoms with Gasteiger partial charge >= 0.3 is 0 Å². The SMILES string of the molecule is CN=Cc1c(NC(=O)/C=C/c2ccccc2)sc2c1CCN(C(=O)COC)C2. The average Bonchev–Trinajstić information content (AvgIpc) is 3.04. The molecule has 0 spiro atoms. The van der Waals surface area contributed by atoms with Gasteiger partial charge in [-0.15, -0.1) is 11.3 Å². The maximum absolute atomic E-state index is 12.4. The smallest absolute Gasteiger partial charge is 0.249 e. The molecule has 1 aromatic heterocycles. The minimum Gasteiger partial charge on any atom is -0.375 e. The Morgan fingerprint density at radius 1 is 1.32 bits per heavy atom. The van der Waals surface area contributed by atoms with Crippen LogP contribution in [0.4, 0.5) is 5.00 Å². The number of ether oxygens (including phenoxy) is 1. The summed E-state index contributed by atoms with van der Waals surface area (Å²) in [7, 11) is 3.23. The lowest BCUT2D eigenvalue weighted by molar-refractivity contribution is -0.136. The quantitative estimate of drug-likeness (QED) is 0.602. The Hall–Kier alpha value is -2.77. The summed E-state index contributed by atoms with van der Waals surface area (Å²) < 4.78 is 4.95. The van der Waals surface area contributed by atoms with E-state index in [1.165, 1.54) is 24.5 Å². The van der Waals surface area contributed by atoms with Crippen molar-refractivity contribution in [2.24, 2.45) is 4.99 Å². The van der Waals surface area contributed by atoms with Crippen molar-refractivity contribution in [3.63, 3.8) is 0 Å². The van der Waals surface area contributed by atoms with Crippen LogP contribution in [0.3, 0.4) is 0 Å². The van der Waals surface area contributed by atoms with Crippen LogP contribution < -0.4 is 5.32 Å². The normalized spacial score (nSPS) is 13.9. The van der Waals surface area contributed by atoms with Crippen LogP contribution in [0.1, 0.15) is 21.6 Å². The second kappa shape index (κ2) is 9.43. The second-order valence-electron chi connectivity index (χ2n) is 6.37. The predicted molar refractivity (Wildman–Crippen MR) is 113 cm³/mol. The Labute approximate surface area is 168 Å². The number of nitrogens with zero attached hydrogens (tertiary/aromatic N) is 2. The highest BCUT2D eigenvalue weighted by Gasteiger charge is 2.26. The van der Waals surface area contributed by atoms with Gasteiger partial charge < -0.3 is 15.0 Å².